The van der Waals surface area contributed by atoms with Crippen LogP contribution in [0, 0.1) is 47.3 Å². The summed E-state index contributed by atoms with van der Waals surface area (Å²) in [6, 6.07) is 9.94. The first-order valence-electron chi connectivity index (χ1n) is 26.6. The van der Waals surface area contributed by atoms with E-state index < -0.39 is 59.9 Å². The van der Waals surface area contributed by atoms with Crippen LogP contribution in [0.3, 0.4) is 0 Å². The Hall–Kier alpha value is -3.91. The molecule has 2 saturated carbocycles. The van der Waals surface area contributed by atoms with Crippen LogP contribution in [0.2, 0.25) is 0 Å². The molecule has 2 spiro atoms. The van der Waals surface area contributed by atoms with E-state index in [1.165, 1.54) is 0 Å². The fourth-order valence-corrected chi connectivity index (χ4v) is 13.4. The number of aliphatic carboxylic acids is 2. The van der Waals surface area contributed by atoms with Gasteiger partial charge in [-0.3, -0.25) is 4.90 Å². The summed E-state index contributed by atoms with van der Waals surface area (Å²) >= 11 is 0. The molecule has 4 N–H and O–H groups in total. The van der Waals surface area contributed by atoms with Gasteiger partial charge in [0, 0.05) is 81.5 Å². The third-order valence-electron chi connectivity index (χ3n) is 17.4. The number of carbonyl (C=O) groups is 2. The predicted octanol–water partition coefficient (Wildman–Crippen LogP) is 5.77. The molecule has 73 heavy (non-hydrogen) atoms. The van der Waals surface area contributed by atoms with E-state index in [0.29, 0.717) is 107 Å². The molecule has 2 aromatic rings. The van der Waals surface area contributed by atoms with Crippen molar-refractivity contribution in [1.29, 1.82) is 0 Å². The highest BCUT2D eigenvalue weighted by Crippen LogP contribution is 2.62. The van der Waals surface area contributed by atoms with Crippen molar-refractivity contribution in [1.82, 2.24) is 19.9 Å². The number of aromatic nitrogens is 3. The SMILES string of the molecule is C[C@H]1[C@@H](OCCN(CCNc2nc(Nc3ccccc3)nc(N3CCOCC3)n2)CCO[C@H]2O[C@@H]3O[C@@]4(C)CC[C@H]5[C@H](C)CC[C@@H]([C@H]2C)[C@@]35OO4)O[C@@H]2O[C@@]3(C)CC[C@H]4[C@H](C)CC[C@@H]1[C@@]24OO3.O=C(O)C(=O)O. The van der Waals surface area contributed by atoms with Gasteiger partial charge in [-0.1, -0.05) is 45.9 Å². The number of fused-ring (bicyclic) bond motifs is 4. The smallest absolute Gasteiger partial charge is 0.414 e. The first-order valence-corrected chi connectivity index (χ1v) is 26.6. The second-order valence-corrected chi connectivity index (χ2v) is 22.0. The van der Waals surface area contributed by atoms with Crippen LogP contribution in [0.25, 0.3) is 0 Å². The number of morpholine rings is 1. The highest BCUT2D eigenvalue weighted by molar-refractivity contribution is 6.27. The Balaban J connectivity index is 0.000000962. The lowest BCUT2D eigenvalue weighted by atomic mass is 9.58. The fourth-order valence-electron chi connectivity index (χ4n) is 13.4. The molecule has 22 heteroatoms. The number of para-hydroxylation sites is 1. The molecular formula is C51H75N7O15. The van der Waals surface area contributed by atoms with Gasteiger partial charge in [0.2, 0.25) is 29.4 Å². The third-order valence-corrected chi connectivity index (χ3v) is 17.4. The Bertz CT molecular complexity index is 2140. The standard InChI is InChI=1S/C49H73N7O11.C2H2O4/c1-30-12-14-37-32(3)39(60-41-48(37)35(30)16-18-46(5,62-41)64-66-48)58-28-22-55(21-20-50-43-52-44(51-34-10-8-7-9-11-34)54-45(53-43)56-24-26-57-27-25-56)23-29-59-40-33(4)38-15-13-31(2)36-17-19-47(6)63-42(61-40)49(36,38)67-65-47;3-1(4)2(5)6/h7-11,30-33,35-42H,12-29H2,1-6H3,(H2,50,51,52,53,54);(H,3,4)(H,5,6)/t30-,31-,32-,33-,35+,36+,37+,38+,39+,40+,41-,42-,46-,47-,48-,49-;/m1./s1. The van der Waals surface area contributed by atoms with Crippen LogP contribution in [-0.4, -0.2) is 156 Å². The lowest BCUT2D eigenvalue weighted by Gasteiger charge is -2.60. The second-order valence-electron chi connectivity index (χ2n) is 22.0. The van der Waals surface area contributed by atoms with Crippen molar-refractivity contribution < 1.29 is 72.5 Å². The number of anilines is 4. The predicted molar refractivity (Wildman–Crippen MR) is 258 cm³/mol. The van der Waals surface area contributed by atoms with Crippen molar-refractivity contribution in [3.05, 3.63) is 30.3 Å². The quantitative estimate of drug-likeness (QED) is 0.122. The molecule has 1 aromatic carbocycles. The Labute approximate surface area is 426 Å². The van der Waals surface area contributed by atoms with Crippen LogP contribution in [-0.2, 0) is 62.3 Å². The van der Waals surface area contributed by atoms with E-state index in [4.69, 9.17) is 87.5 Å². The zero-order chi connectivity index (χ0) is 51.1. The number of carboxylic acid groups (broad SMARTS) is 2. The van der Waals surface area contributed by atoms with Crippen LogP contribution in [0.5, 0.6) is 0 Å². The van der Waals surface area contributed by atoms with Crippen LogP contribution in [0.15, 0.2) is 30.3 Å². The molecule has 16 atom stereocenters. The van der Waals surface area contributed by atoms with Crippen molar-refractivity contribution >= 4 is 35.5 Å². The first kappa shape index (κ1) is 52.5. The van der Waals surface area contributed by atoms with E-state index in [1.54, 1.807) is 0 Å². The molecular weight excluding hydrogens is 951 g/mol. The van der Waals surface area contributed by atoms with Gasteiger partial charge in [0.05, 0.1) is 26.4 Å². The molecule has 11 aliphatic rings. The minimum atomic E-state index is -1.82. The molecule has 11 fully saturated rings. The highest BCUT2D eigenvalue weighted by Gasteiger charge is 2.71. The van der Waals surface area contributed by atoms with Gasteiger partial charge in [-0.15, -0.1) is 0 Å². The number of carboxylic acids is 2. The first-order chi connectivity index (χ1) is 35.1. The van der Waals surface area contributed by atoms with E-state index in [2.05, 4.69) is 48.1 Å². The number of hydrogen-bond acceptors (Lipinski definition) is 20. The summed E-state index contributed by atoms with van der Waals surface area (Å²) in [7, 11) is 0. The summed E-state index contributed by atoms with van der Waals surface area (Å²) in [5.41, 5.74) is -0.377. The van der Waals surface area contributed by atoms with E-state index in [-0.39, 0.29) is 23.7 Å². The second kappa shape index (κ2) is 21.6. The molecule has 0 amide bonds. The molecule has 13 rings (SSSR count). The van der Waals surface area contributed by atoms with Gasteiger partial charge in [-0.2, -0.15) is 15.0 Å². The topological polar surface area (TPSA) is 245 Å². The molecule has 1 aromatic heterocycles. The lowest BCUT2D eigenvalue weighted by molar-refractivity contribution is -0.577. The normalized spacial score (nSPS) is 40.3. The van der Waals surface area contributed by atoms with Gasteiger partial charge in [0.1, 0.15) is 0 Å². The maximum Gasteiger partial charge on any atom is 0.414 e. The highest BCUT2D eigenvalue weighted by atomic mass is 17.3. The molecule has 2 aliphatic carbocycles. The molecule has 404 valence electrons. The molecule has 0 radical (unpaired) electrons. The molecule has 22 nitrogen and oxygen atoms in total. The van der Waals surface area contributed by atoms with E-state index >= 15 is 0 Å². The van der Waals surface area contributed by atoms with Crippen molar-refractivity contribution in [2.75, 3.05) is 81.2 Å². The molecule has 9 saturated heterocycles. The summed E-state index contributed by atoms with van der Waals surface area (Å²) in [6.45, 7) is 19.1. The summed E-state index contributed by atoms with van der Waals surface area (Å²) in [5, 5.41) is 21.7. The summed E-state index contributed by atoms with van der Waals surface area (Å²) in [6.07, 6.45) is 5.79. The fraction of sp³-hybridized carbons (Fsp3) is 0.784. The van der Waals surface area contributed by atoms with Crippen molar-refractivity contribution in [2.24, 2.45) is 47.3 Å². The number of benzene rings is 1. The average molecular weight is 1030 g/mol. The maximum absolute atomic E-state index is 9.10. The third kappa shape index (κ3) is 10.5. The molecule has 9 aliphatic heterocycles. The molecule has 10 heterocycles. The molecule has 4 bridgehead atoms. The zero-order valence-electron chi connectivity index (χ0n) is 43.0. The minimum absolute atomic E-state index is 0.0799. The lowest BCUT2D eigenvalue weighted by Crippen LogP contribution is -2.70. The van der Waals surface area contributed by atoms with E-state index in [1.807, 2.05) is 44.2 Å². The largest absolute Gasteiger partial charge is 0.473 e. The number of rotatable bonds is 15. The number of nitrogens with zero attached hydrogens (tertiary/aromatic N) is 5. The van der Waals surface area contributed by atoms with Gasteiger partial charge in [-0.05, 0) is 88.2 Å². The monoisotopic (exact) mass is 1030 g/mol. The van der Waals surface area contributed by atoms with Crippen LogP contribution in [0.1, 0.15) is 92.9 Å². The Morgan fingerprint density at radius 2 is 1.21 bits per heavy atom. The van der Waals surface area contributed by atoms with Crippen molar-refractivity contribution in [2.45, 2.75) is 141 Å². The number of nitrogens with one attached hydrogen (secondary N) is 2. The average Bonchev–Trinajstić information content (AvgIpc) is 3.76. The van der Waals surface area contributed by atoms with Crippen LogP contribution < -0.4 is 15.5 Å². The number of hydrogen-bond donors (Lipinski definition) is 4. The van der Waals surface area contributed by atoms with Crippen molar-refractivity contribution in [3.63, 3.8) is 0 Å². The van der Waals surface area contributed by atoms with Gasteiger partial charge < -0.3 is 58.9 Å². The van der Waals surface area contributed by atoms with Crippen LogP contribution >= 0.6 is 0 Å². The Morgan fingerprint density at radius 1 is 0.685 bits per heavy atom. The van der Waals surface area contributed by atoms with Crippen LogP contribution in [0.4, 0.5) is 23.5 Å². The summed E-state index contributed by atoms with van der Waals surface area (Å²) in [5.74, 6) is -1.65. The minimum Gasteiger partial charge on any atom is -0.473 e. The van der Waals surface area contributed by atoms with Gasteiger partial charge >= 0.3 is 11.9 Å². The van der Waals surface area contributed by atoms with E-state index in [0.717, 1.165) is 57.1 Å². The Morgan fingerprint density at radius 3 is 1.73 bits per heavy atom. The number of ether oxygens (including phenoxy) is 7. The van der Waals surface area contributed by atoms with Crippen molar-refractivity contribution in [3.8, 4) is 0 Å². The van der Waals surface area contributed by atoms with Gasteiger partial charge in [-0.25, -0.2) is 29.1 Å². The van der Waals surface area contributed by atoms with Gasteiger partial charge in [0.25, 0.3) is 0 Å². The maximum atomic E-state index is 9.10. The summed E-state index contributed by atoms with van der Waals surface area (Å²) < 4.78 is 46.0. The van der Waals surface area contributed by atoms with Gasteiger partial charge in [0.15, 0.2) is 36.4 Å². The Kier molecular flexibility index (Phi) is 15.5. The zero-order valence-corrected chi connectivity index (χ0v) is 43.0. The van der Waals surface area contributed by atoms with E-state index in [9.17, 15) is 0 Å². The molecule has 0 unspecified atom stereocenters. The summed E-state index contributed by atoms with van der Waals surface area (Å²) in [4.78, 5) is 62.1.